The smallest absolute Gasteiger partial charge is 0.256 e. The molecule has 3 aromatic rings. The maximum absolute atomic E-state index is 13.5. The largest absolute Gasteiger partial charge is 0.385 e. The van der Waals surface area contributed by atoms with Gasteiger partial charge < -0.3 is 10.0 Å². The summed E-state index contributed by atoms with van der Waals surface area (Å²) in [5.74, 6) is 0.153. The molecule has 7 nitrogen and oxygen atoms in total. The molecular formula is C21H25N5O2S. The second-order valence-corrected chi connectivity index (χ2v) is 9.10. The fourth-order valence-electron chi connectivity index (χ4n) is 3.67. The van der Waals surface area contributed by atoms with Crippen molar-refractivity contribution in [3.05, 3.63) is 58.3 Å². The van der Waals surface area contributed by atoms with Gasteiger partial charge in [0, 0.05) is 24.7 Å². The first-order valence-electron chi connectivity index (χ1n) is 9.80. The van der Waals surface area contributed by atoms with Crippen molar-refractivity contribution < 1.29 is 9.90 Å². The Morgan fingerprint density at radius 3 is 2.62 bits per heavy atom. The van der Waals surface area contributed by atoms with Crippen LogP contribution in [0.3, 0.4) is 0 Å². The molecule has 0 bridgehead atoms. The number of carbonyl (C=O) groups excluding carboxylic acids is 1. The van der Waals surface area contributed by atoms with Gasteiger partial charge in [-0.05, 0) is 45.7 Å². The molecule has 0 unspecified atom stereocenters. The van der Waals surface area contributed by atoms with Crippen molar-refractivity contribution in [2.45, 2.75) is 51.2 Å². The number of hydrogen-bond acceptors (Lipinski definition) is 6. The van der Waals surface area contributed by atoms with Gasteiger partial charge in [0.05, 0.1) is 39.1 Å². The third-order valence-electron chi connectivity index (χ3n) is 5.39. The molecule has 0 spiro atoms. The Bertz CT molecular complexity index is 993. The molecule has 29 heavy (non-hydrogen) atoms. The topological polar surface area (TPSA) is 84.1 Å². The van der Waals surface area contributed by atoms with Crippen molar-refractivity contribution in [3.8, 4) is 5.69 Å². The average molecular weight is 412 g/mol. The number of thiazole rings is 1. The van der Waals surface area contributed by atoms with Crippen LogP contribution in [0, 0.1) is 0 Å². The highest BCUT2D eigenvalue weighted by molar-refractivity contribution is 7.11. The zero-order valence-corrected chi connectivity index (χ0v) is 17.6. The number of nitrogens with zero attached hydrogens (tertiary/aromatic N) is 5. The minimum absolute atomic E-state index is 0.0191. The van der Waals surface area contributed by atoms with Gasteiger partial charge >= 0.3 is 0 Å². The Morgan fingerprint density at radius 1 is 1.21 bits per heavy atom. The summed E-state index contributed by atoms with van der Waals surface area (Å²) < 4.78 is 0. The lowest BCUT2D eigenvalue weighted by atomic mass is 9.93. The van der Waals surface area contributed by atoms with Gasteiger partial charge in [0.2, 0.25) is 0 Å². The zero-order chi connectivity index (χ0) is 20.6. The molecule has 1 aliphatic heterocycles. The van der Waals surface area contributed by atoms with Crippen LogP contribution in [0.1, 0.15) is 59.8 Å². The monoisotopic (exact) mass is 411 g/mol. The normalized spacial score (nSPS) is 20.1. The number of likely N-dealkylation sites (tertiary alicyclic amines) is 1. The van der Waals surface area contributed by atoms with Gasteiger partial charge in [-0.1, -0.05) is 12.1 Å². The van der Waals surface area contributed by atoms with E-state index in [2.05, 4.69) is 22.1 Å². The molecule has 3 heterocycles. The highest BCUT2D eigenvalue weighted by Crippen LogP contribution is 2.36. The predicted molar refractivity (Wildman–Crippen MR) is 111 cm³/mol. The first-order valence-corrected chi connectivity index (χ1v) is 10.6. The first kappa shape index (κ1) is 19.7. The van der Waals surface area contributed by atoms with E-state index in [4.69, 9.17) is 0 Å². The third kappa shape index (κ3) is 3.95. The molecule has 4 rings (SSSR count). The molecule has 0 aliphatic carbocycles. The van der Waals surface area contributed by atoms with Crippen LogP contribution in [0.4, 0.5) is 0 Å². The fourth-order valence-corrected chi connectivity index (χ4v) is 4.72. The number of aliphatic hydroxyl groups is 1. The summed E-state index contributed by atoms with van der Waals surface area (Å²) in [5, 5.41) is 19.6. The van der Waals surface area contributed by atoms with Crippen LogP contribution in [-0.2, 0) is 5.60 Å². The SMILES string of the molecule is C[C@@H]1CC[C@@H](c2ncc(C(C)(C)O)s2)CN1C(=O)c1ccccc1-n1nccn1. The van der Waals surface area contributed by atoms with E-state index >= 15 is 0 Å². The van der Waals surface area contributed by atoms with E-state index in [0.717, 1.165) is 22.7 Å². The molecule has 8 heteroatoms. The Kier molecular flexibility index (Phi) is 5.23. The molecule has 1 aromatic carbocycles. The minimum atomic E-state index is -0.900. The van der Waals surface area contributed by atoms with Gasteiger partial charge in [0.25, 0.3) is 5.91 Å². The van der Waals surface area contributed by atoms with E-state index in [1.807, 2.05) is 29.2 Å². The van der Waals surface area contributed by atoms with Gasteiger partial charge in [0.15, 0.2) is 0 Å². The van der Waals surface area contributed by atoms with E-state index in [0.29, 0.717) is 17.8 Å². The molecule has 2 aromatic heterocycles. The summed E-state index contributed by atoms with van der Waals surface area (Å²) in [6.45, 7) is 6.24. The average Bonchev–Trinajstić information content (AvgIpc) is 3.40. The Hall–Kier alpha value is -2.58. The summed E-state index contributed by atoms with van der Waals surface area (Å²) in [6.07, 6.45) is 6.85. The van der Waals surface area contributed by atoms with Crippen LogP contribution in [0.15, 0.2) is 42.9 Å². The zero-order valence-electron chi connectivity index (χ0n) is 16.8. The number of aromatic nitrogens is 4. The van der Waals surface area contributed by atoms with Crippen molar-refractivity contribution in [3.63, 3.8) is 0 Å². The number of hydrogen-bond donors (Lipinski definition) is 1. The fraction of sp³-hybridized carbons (Fsp3) is 0.429. The summed E-state index contributed by atoms with van der Waals surface area (Å²) in [6, 6.07) is 7.57. The molecule has 1 aliphatic rings. The Labute approximate surface area is 174 Å². The third-order valence-corrected chi connectivity index (χ3v) is 6.86. The second kappa shape index (κ2) is 7.68. The number of benzene rings is 1. The quantitative estimate of drug-likeness (QED) is 0.712. The lowest BCUT2D eigenvalue weighted by Crippen LogP contribution is -2.45. The van der Waals surface area contributed by atoms with Crippen LogP contribution in [-0.4, -0.2) is 48.5 Å². The van der Waals surface area contributed by atoms with Crippen molar-refractivity contribution in [2.24, 2.45) is 0 Å². The Balaban J connectivity index is 1.60. The van der Waals surface area contributed by atoms with E-state index < -0.39 is 5.60 Å². The molecule has 1 N–H and O–H groups in total. The molecule has 1 amide bonds. The molecule has 2 atom stereocenters. The molecule has 152 valence electrons. The highest BCUT2D eigenvalue weighted by Gasteiger charge is 2.33. The maximum atomic E-state index is 13.5. The standard InChI is InChI=1S/C21H25N5O2S/c1-14-8-9-15(19-22-12-18(29-19)21(2,3)28)13-25(14)20(27)16-6-4-5-7-17(16)26-23-10-11-24-26/h4-7,10-12,14-15,28H,8-9,13H2,1-3H3/t14-,15-/m1/s1. The highest BCUT2D eigenvalue weighted by atomic mass is 32.1. The van der Waals surface area contributed by atoms with E-state index in [1.165, 1.54) is 16.1 Å². The molecular weight excluding hydrogens is 386 g/mol. The number of piperidine rings is 1. The number of para-hydroxylation sites is 1. The summed E-state index contributed by atoms with van der Waals surface area (Å²) >= 11 is 1.54. The van der Waals surface area contributed by atoms with Crippen molar-refractivity contribution in [1.82, 2.24) is 24.9 Å². The van der Waals surface area contributed by atoms with Gasteiger partial charge in [-0.15, -0.1) is 11.3 Å². The maximum Gasteiger partial charge on any atom is 0.256 e. The molecule has 0 radical (unpaired) electrons. The number of carbonyl (C=O) groups is 1. The van der Waals surface area contributed by atoms with Crippen molar-refractivity contribution >= 4 is 17.2 Å². The van der Waals surface area contributed by atoms with Crippen LogP contribution in [0.5, 0.6) is 0 Å². The lowest BCUT2D eigenvalue weighted by molar-refractivity contribution is 0.0609. The number of rotatable bonds is 4. The van der Waals surface area contributed by atoms with Gasteiger partial charge in [0.1, 0.15) is 0 Å². The van der Waals surface area contributed by atoms with Crippen molar-refractivity contribution in [1.29, 1.82) is 0 Å². The molecule has 0 saturated carbocycles. The van der Waals surface area contributed by atoms with E-state index in [1.54, 1.807) is 32.4 Å². The molecule has 1 fully saturated rings. The summed E-state index contributed by atoms with van der Waals surface area (Å²) in [5.41, 5.74) is 0.367. The van der Waals surface area contributed by atoms with Crippen LogP contribution in [0.2, 0.25) is 0 Å². The van der Waals surface area contributed by atoms with E-state index in [-0.39, 0.29) is 17.9 Å². The van der Waals surface area contributed by atoms with Gasteiger partial charge in [-0.3, -0.25) is 4.79 Å². The van der Waals surface area contributed by atoms with Crippen molar-refractivity contribution in [2.75, 3.05) is 6.54 Å². The second-order valence-electron chi connectivity index (χ2n) is 8.04. The minimum Gasteiger partial charge on any atom is -0.385 e. The Morgan fingerprint density at radius 2 is 1.93 bits per heavy atom. The first-order chi connectivity index (χ1) is 13.8. The van der Waals surface area contributed by atoms with Crippen LogP contribution < -0.4 is 0 Å². The van der Waals surface area contributed by atoms with E-state index in [9.17, 15) is 9.90 Å². The summed E-state index contributed by atoms with van der Waals surface area (Å²) in [4.78, 5) is 22.3. The van der Waals surface area contributed by atoms with Crippen LogP contribution in [0.25, 0.3) is 5.69 Å². The molecule has 1 saturated heterocycles. The lowest BCUT2D eigenvalue weighted by Gasteiger charge is -2.37. The van der Waals surface area contributed by atoms with Crippen LogP contribution >= 0.6 is 11.3 Å². The summed E-state index contributed by atoms with van der Waals surface area (Å²) in [7, 11) is 0. The van der Waals surface area contributed by atoms with Gasteiger partial charge in [-0.2, -0.15) is 15.0 Å². The van der Waals surface area contributed by atoms with Gasteiger partial charge in [-0.25, -0.2) is 4.98 Å². The predicted octanol–water partition coefficient (Wildman–Crippen LogP) is 3.36. The number of amides is 1.